The van der Waals surface area contributed by atoms with Crippen LogP contribution in [0.5, 0.6) is 5.75 Å². The minimum atomic E-state index is -4.35. The molecule has 5 heteroatoms. The summed E-state index contributed by atoms with van der Waals surface area (Å²) in [4.78, 5) is 0. The van der Waals surface area contributed by atoms with E-state index in [0.717, 1.165) is 23.3 Å². The molecule has 0 fully saturated rings. The molecular formula is C18H14F3NO. The number of halogens is 3. The van der Waals surface area contributed by atoms with Gasteiger partial charge in [0.25, 0.3) is 0 Å². The molecule has 0 heterocycles. The highest BCUT2D eigenvalue weighted by molar-refractivity contribution is 5.70. The fourth-order valence-corrected chi connectivity index (χ4v) is 2.15. The van der Waals surface area contributed by atoms with Gasteiger partial charge in [-0.15, -0.1) is 0 Å². The summed E-state index contributed by atoms with van der Waals surface area (Å²) in [5, 5.41) is 8.93. The highest BCUT2D eigenvalue weighted by atomic mass is 19.4. The average molecular weight is 317 g/mol. The molecular weight excluding hydrogens is 303 g/mol. The van der Waals surface area contributed by atoms with Crippen molar-refractivity contribution in [1.29, 1.82) is 5.26 Å². The molecule has 0 saturated carbocycles. The smallest absolute Gasteiger partial charge is 0.416 e. The van der Waals surface area contributed by atoms with Gasteiger partial charge in [-0.3, -0.25) is 0 Å². The lowest BCUT2D eigenvalue weighted by atomic mass is 9.97. The summed E-state index contributed by atoms with van der Waals surface area (Å²) in [6.45, 7) is 0. The summed E-state index contributed by atoms with van der Waals surface area (Å²) in [5.41, 5.74) is 1.58. The third-order valence-corrected chi connectivity index (χ3v) is 3.38. The third kappa shape index (κ3) is 4.36. The molecule has 0 N–H and O–H groups in total. The molecule has 0 aliphatic carbocycles. The Morgan fingerprint density at radius 2 is 1.70 bits per heavy atom. The summed E-state index contributed by atoms with van der Waals surface area (Å²) in [7, 11) is 1.56. The van der Waals surface area contributed by atoms with Crippen molar-refractivity contribution in [2.75, 3.05) is 7.11 Å². The number of nitriles is 1. The highest BCUT2D eigenvalue weighted by Crippen LogP contribution is 2.30. The van der Waals surface area contributed by atoms with Crippen LogP contribution in [-0.2, 0) is 12.6 Å². The lowest BCUT2D eigenvalue weighted by Crippen LogP contribution is -2.04. The van der Waals surface area contributed by atoms with E-state index >= 15 is 0 Å². The van der Waals surface area contributed by atoms with Crippen molar-refractivity contribution < 1.29 is 17.9 Å². The van der Waals surface area contributed by atoms with Gasteiger partial charge in [0.1, 0.15) is 5.75 Å². The first-order valence-electron chi connectivity index (χ1n) is 6.83. The minimum absolute atomic E-state index is 0.373. The van der Waals surface area contributed by atoms with Crippen LogP contribution in [0.4, 0.5) is 13.2 Å². The maximum atomic E-state index is 12.6. The van der Waals surface area contributed by atoms with E-state index in [1.807, 2.05) is 18.2 Å². The van der Waals surface area contributed by atoms with Gasteiger partial charge in [-0.05, 0) is 47.4 Å². The van der Waals surface area contributed by atoms with E-state index in [2.05, 4.69) is 0 Å². The van der Waals surface area contributed by atoms with Crippen molar-refractivity contribution >= 4 is 5.57 Å². The van der Waals surface area contributed by atoms with Gasteiger partial charge >= 0.3 is 6.18 Å². The predicted molar refractivity (Wildman–Crippen MR) is 81.7 cm³/mol. The Kier molecular flexibility index (Phi) is 5.07. The molecule has 0 saturated heterocycles. The minimum Gasteiger partial charge on any atom is -0.497 e. The van der Waals surface area contributed by atoms with E-state index in [9.17, 15) is 13.2 Å². The molecule has 0 unspecified atom stereocenters. The lowest BCUT2D eigenvalue weighted by Gasteiger charge is -2.10. The van der Waals surface area contributed by atoms with E-state index in [-0.39, 0.29) is 0 Å². The van der Waals surface area contributed by atoms with Crippen LogP contribution in [0.25, 0.3) is 5.57 Å². The molecule has 118 valence electrons. The summed E-state index contributed by atoms with van der Waals surface area (Å²) in [6, 6.07) is 14.1. The molecule has 0 spiro atoms. The van der Waals surface area contributed by atoms with Crippen LogP contribution in [0.1, 0.15) is 16.7 Å². The van der Waals surface area contributed by atoms with E-state index < -0.39 is 11.7 Å². The normalized spacial score (nSPS) is 11.9. The van der Waals surface area contributed by atoms with Crippen LogP contribution >= 0.6 is 0 Å². The molecule has 23 heavy (non-hydrogen) atoms. The van der Waals surface area contributed by atoms with Crippen molar-refractivity contribution in [1.82, 2.24) is 0 Å². The number of methoxy groups -OCH3 is 1. The summed E-state index contributed by atoms with van der Waals surface area (Å²) in [5.74, 6) is 0.694. The standard InChI is InChI=1S/C18H14F3NO/c1-23-17-8-4-14(5-9-17)15(10-11-22)12-13-2-6-16(7-3-13)18(19,20)21/h2-10H,12H2,1H3/b15-10+. The molecule has 0 aliphatic rings. The van der Waals surface area contributed by atoms with Crippen molar-refractivity contribution in [3.05, 3.63) is 71.3 Å². The lowest BCUT2D eigenvalue weighted by molar-refractivity contribution is -0.137. The number of allylic oxidation sites excluding steroid dienone is 2. The Morgan fingerprint density at radius 3 is 2.17 bits per heavy atom. The summed E-state index contributed by atoms with van der Waals surface area (Å²) in [6.07, 6.45) is -2.57. The maximum Gasteiger partial charge on any atom is 0.416 e. The van der Waals surface area contributed by atoms with E-state index in [1.54, 1.807) is 19.2 Å². The first-order valence-corrected chi connectivity index (χ1v) is 6.83. The molecule has 2 nitrogen and oxygen atoms in total. The molecule has 0 atom stereocenters. The van der Waals surface area contributed by atoms with Gasteiger partial charge in [-0.1, -0.05) is 24.3 Å². The predicted octanol–water partition coefficient (Wildman–Crippen LogP) is 4.86. The van der Waals surface area contributed by atoms with Gasteiger partial charge < -0.3 is 4.74 Å². The number of nitrogens with zero attached hydrogens (tertiary/aromatic N) is 1. The van der Waals surface area contributed by atoms with Crippen molar-refractivity contribution in [3.8, 4) is 11.8 Å². The molecule has 2 aromatic carbocycles. The second kappa shape index (κ2) is 7.01. The zero-order valence-corrected chi connectivity index (χ0v) is 12.4. The number of hydrogen-bond acceptors (Lipinski definition) is 2. The van der Waals surface area contributed by atoms with Gasteiger partial charge in [-0.25, -0.2) is 0 Å². The van der Waals surface area contributed by atoms with Gasteiger partial charge in [0.2, 0.25) is 0 Å². The van der Waals surface area contributed by atoms with Gasteiger partial charge in [0.05, 0.1) is 18.7 Å². The highest BCUT2D eigenvalue weighted by Gasteiger charge is 2.29. The molecule has 0 bridgehead atoms. The van der Waals surface area contributed by atoms with Gasteiger partial charge in [0, 0.05) is 6.08 Å². The zero-order valence-electron chi connectivity index (χ0n) is 12.4. The average Bonchev–Trinajstić information content (AvgIpc) is 2.54. The van der Waals surface area contributed by atoms with Crippen LogP contribution < -0.4 is 4.74 Å². The first kappa shape index (κ1) is 16.6. The maximum absolute atomic E-state index is 12.6. The second-order valence-electron chi connectivity index (χ2n) is 4.90. The van der Waals surface area contributed by atoms with E-state index in [1.165, 1.54) is 18.2 Å². The Balaban J connectivity index is 2.23. The molecule has 0 aromatic heterocycles. The number of alkyl halides is 3. The fraction of sp³-hybridized carbons (Fsp3) is 0.167. The SMILES string of the molecule is COc1ccc(/C(=C/C#N)Cc2ccc(C(F)(F)F)cc2)cc1. The topological polar surface area (TPSA) is 33.0 Å². The molecule has 0 aliphatic heterocycles. The zero-order chi connectivity index (χ0) is 16.9. The van der Waals surface area contributed by atoms with Crippen LogP contribution in [-0.4, -0.2) is 7.11 Å². The third-order valence-electron chi connectivity index (χ3n) is 3.38. The molecule has 2 rings (SSSR count). The molecule has 0 radical (unpaired) electrons. The van der Waals surface area contributed by atoms with Crippen molar-refractivity contribution in [3.63, 3.8) is 0 Å². The quantitative estimate of drug-likeness (QED) is 0.754. The second-order valence-corrected chi connectivity index (χ2v) is 4.90. The Labute approximate surface area is 132 Å². The fourth-order valence-electron chi connectivity index (χ4n) is 2.15. The van der Waals surface area contributed by atoms with Crippen LogP contribution in [0.15, 0.2) is 54.6 Å². The largest absolute Gasteiger partial charge is 0.497 e. The van der Waals surface area contributed by atoms with Crippen LogP contribution in [0, 0.1) is 11.3 Å². The number of benzene rings is 2. The number of hydrogen-bond donors (Lipinski definition) is 0. The Hall–Kier alpha value is -2.74. The number of ether oxygens (including phenoxy) is 1. The summed E-state index contributed by atoms with van der Waals surface area (Å²) >= 11 is 0. The van der Waals surface area contributed by atoms with E-state index in [4.69, 9.17) is 10.00 Å². The first-order chi connectivity index (χ1) is 10.9. The number of rotatable bonds is 4. The molecule has 0 amide bonds. The van der Waals surface area contributed by atoms with Gasteiger partial charge in [-0.2, -0.15) is 18.4 Å². The Morgan fingerprint density at radius 1 is 1.09 bits per heavy atom. The summed E-state index contributed by atoms with van der Waals surface area (Å²) < 4.78 is 42.8. The van der Waals surface area contributed by atoms with Crippen molar-refractivity contribution in [2.45, 2.75) is 12.6 Å². The van der Waals surface area contributed by atoms with E-state index in [0.29, 0.717) is 17.7 Å². The van der Waals surface area contributed by atoms with Crippen molar-refractivity contribution in [2.24, 2.45) is 0 Å². The molecule has 2 aromatic rings. The monoisotopic (exact) mass is 317 g/mol. The Bertz CT molecular complexity index is 723. The van der Waals surface area contributed by atoms with Gasteiger partial charge in [0.15, 0.2) is 0 Å². The van der Waals surface area contributed by atoms with Crippen LogP contribution in [0.2, 0.25) is 0 Å². The van der Waals surface area contributed by atoms with Crippen LogP contribution in [0.3, 0.4) is 0 Å².